The highest BCUT2D eigenvalue weighted by molar-refractivity contribution is 7.80. The minimum absolute atomic E-state index is 0.284. The van der Waals surface area contributed by atoms with Crippen molar-refractivity contribution in [1.82, 2.24) is 0 Å². The Balaban J connectivity index is 1.99. The standard InChI is InChI=1S/C11H12Cl2OS/c12-8-1-2-10(9(13)5-8)14-6-11(7-15)3-4-11/h1-2,5,15H,3-4,6-7H2. The second-order valence-corrected chi connectivity index (χ2v) is 5.18. The van der Waals surface area contributed by atoms with E-state index in [0.717, 1.165) is 5.75 Å². The minimum Gasteiger partial charge on any atom is -0.491 e. The molecule has 1 aliphatic carbocycles. The molecule has 15 heavy (non-hydrogen) atoms. The lowest BCUT2D eigenvalue weighted by atomic mass is 10.2. The van der Waals surface area contributed by atoms with Crippen LogP contribution in [0.1, 0.15) is 12.8 Å². The molecule has 0 N–H and O–H groups in total. The Labute approximate surface area is 105 Å². The van der Waals surface area contributed by atoms with Gasteiger partial charge < -0.3 is 4.74 Å². The predicted octanol–water partition coefficient (Wildman–Crippen LogP) is 4.08. The average molecular weight is 263 g/mol. The van der Waals surface area contributed by atoms with Crippen LogP contribution in [0.5, 0.6) is 5.75 Å². The second kappa shape index (κ2) is 4.44. The molecule has 82 valence electrons. The average Bonchev–Trinajstić information content (AvgIpc) is 2.97. The fraction of sp³-hybridized carbons (Fsp3) is 0.455. The van der Waals surface area contributed by atoms with Gasteiger partial charge in [0, 0.05) is 10.4 Å². The molecule has 0 spiro atoms. The lowest BCUT2D eigenvalue weighted by molar-refractivity contribution is 0.251. The molecule has 4 heteroatoms. The normalized spacial score (nSPS) is 17.5. The van der Waals surface area contributed by atoms with E-state index in [9.17, 15) is 0 Å². The fourth-order valence-corrected chi connectivity index (χ4v) is 2.22. The van der Waals surface area contributed by atoms with Crippen LogP contribution in [-0.2, 0) is 0 Å². The molecule has 0 bridgehead atoms. The summed E-state index contributed by atoms with van der Waals surface area (Å²) in [6.07, 6.45) is 2.39. The first-order valence-electron chi connectivity index (χ1n) is 4.84. The van der Waals surface area contributed by atoms with E-state index in [-0.39, 0.29) is 5.41 Å². The zero-order valence-corrected chi connectivity index (χ0v) is 10.6. The molecule has 0 unspecified atom stereocenters. The summed E-state index contributed by atoms with van der Waals surface area (Å²) >= 11 is 16.1. The molecular formula is C11H12Cl2OS. The highest BCUT2D eigenvalue weighted by Gasteiger charge is 2.42. The van der Waals surface area contributed by atoms with Gasteiger partial charge in [0.15, 0.2) is 0 Å². The highest BCUT2D eigenvalue weighted by Crippen LogP contribution is 2.47. The van der Waals surface area contributed by atoms with E-state index < -0.39 is 0 Å². The van der Waals surface area contributed by atoms with Gasteiger partial charge in [0.05, 0.1) is 11.6 Å². The van der Waals surface area contributed by atoms with Crippen LogP contribution in [-0.4, -0.2) is 12.4 Å². The van der Waals surface area contributed by atoms with Crippen molar-refractivity contribution < 1.29 is 4.74 Å². The van der Waals surface area contributed by atoms with Crippen LogP contribution in [0.4, 0.5) is 0 Å². The van der Waals surface area contributed by atoms with E-state index in [1.165, 1.54) is 12.8 Å². The van der Waals surface area contributed by atoms with E-state index in [1.54, 1.807) is 18.2 Å². The molecule has 1 aliphatic rings. The largest absolute Gasteiger partial charge is 0.491 e. The summed E-state index contributed by atoms with van der Waals surface area (Å²) < 4.78 is 5.67. The van der Waals surface area contributed by atoms with Gasteiger partial charge in [-0.25, -0.2) is 0 Å². The van der Waals surface area contributed by atoms with Gasteiger partial charge >= 0.3 is 0 Å². The smallest absolute Gasteiger partial charge is 0.138 e. The topological polar surface area (TPSA) is 9.23 Å². The molecule has 0 radical (unpaired) electrons. The van der Waals surface area contributed by atoms with Gasteiger partial charge in [0.25, 0.3) is 0 Å². The fourth-order valence-electron chi connectivity index (χ4n) is 1.35. The van der Waals surface area contributed by atoms with Crippen LogP contribution < -0.4 is 4.74 Å². The third kappa shape index (κ3) is 2.74. The maximum Gasteiger partial charge on any atom is 0.138 e. The maximum atomic E-state index is 5.99. The van der Waals surface area contributed by atoms with Crippen molar-refractivity contribution in [3.05, 3.63) is 28.2 Å². The molecule has 0 heterocycles. The van der Waals surface area contributed by atoms with Gasteiger partial charge in [-0.1, -0.05) is 23.2 Å². The molecule has 0 aromatic heterocycles. The Kier molecular flexibility index (Phi) is 3.39. The van der Waals surface area contributed by atoms with Crippen molar-refractivity contribution in [1.29, 1.82) is 0 Å². The Bertz CT molecular complexity index is 364. The molecular weight excluding hydrogens is 251 g/mol. The second-order valence-electron chi connectivity index (χ2n) is 4.02. The zero-order chi connectivity index (χ0) is 10.9. The van der Waals surface area contributed by atoms with E-state index >= 15 is 0 Å². The molecule has 1 nitrogen and oxygen atoms in total. The zero-order valence-electron chi connectivity index (χ0n) is 8.17. The molecule has 1 fully saturated rings. The highest BCUT2D eigenvalue weighted by atomic mass is 35.5. The molecule has 2 rings (SSSR count). The molecule has 0 atom stereocenters. The van der Waals surface area contributed by atoms with Gasteiger partial charge in [-0.15, -0.1) is 0 Å². The number of hydrogen-bond acceptors (Lipinski definition) is 2. The molecule has 0 amide bonds. The van der Waals surface area contributed by atoms with Gasteiger partial charge in [-0.3, -0.25) is 0 Å². The summed E-state index contributed by atoms with van der Waals surface area (Å²) in [4.78, 5) is 0. The molecule has 1 aromatic carbocycles. The molecule has 1 aromatic rings. The van der Waals surface area contributed by atoms with Gasteiger partial charge in [-0.05, 0) is 36.8 Å². The Hall–Kier alpha value is -0.0500. The predicted molar refractivity (Wildman–Crippen MR) is 67.5 cm³/mol. The number of benzene rings is 1. The summed E-state index contributed by atoms with van der Waals surface area (Å²) in [6, 6.07) is 5.28. The number of hydrogen-bond donors (Lipinski definition) is 1. The van der Waals surface area contributed by atoms with Crippen molar-refractivity contribution in [3.8, 4) is 5.75 Å². The van der Waals surface area contributed by atoms with Crippen molar-refractivity contribution in [2.75, 3.05) is 12.4 Å². The van der Waals surface area contributed by atoms with Crippen LogP contribution in [0.25, 0.3) is 0 Å². The lowest BCUT2D eigenvalue weighted by Crippen LogP contribution is -2.14. The number of rotatable bonds is 4. The number of thiol groups is 1. The summed E-state index contributed by atoms with van der Waals surface area (Å²) in [6.45, 7) is 0.692. The van der Waals surface area contributed by atoms with Crippen molar-refractivity contribution in [2.24, 2.45) is 5.41 Å². The van der Waals surface area contributed by atoms with E-state index in [0.29, 0.717) is 22.4 Å². The Morgan fingerprint density at radius 3 is 2.60 bits per heavy atom. The van der Waals surface area contributed by atoms with Gasteiger partial charge in [0.1, 0.15) is 5.75 Å². The van der Waals surface area contributed by atoms with Crippen LogP contribution >= 0.6 is 35.8 Å². The Morgan fingerprint density at radius 1 is 1.33 bits per heavy atom. The summed E-state index contributed by atoms with van der Waals surface area (Å²) in [5.41, 5.74) is 0.284. The van der Waals surface area contributed by atoms with Crippen molar-refractivity contribution >= 4 is 35.8 Å². The number of ether oxygens (including phenoxy) is 1. The van der Waals surface area contributed by atoms with Gasteiger partial charge in [0.2, 0.25) is 0 Å². The van der Waals surface area contributed by atoms with E-state index in [1.807, 2.05) is 0 Å². The first kappa shape index (κ1) is 11.4. The summed E-state index contributed by atoms with van der Waals surface area (Å²) in [7, 11) is 0. The van der Waals surface area contributed by atoms with Crippen LogP contribution in [0, 0.1) is 5.41 Å². The van der Waals surface area contributed by atoms with Crippen LogP contribution in [0.3, 0.4) is 0 Å². The van der Waals surface area contributed by atoms with Crippen molar-refractivity contribution in [3.63, 3.8) is 0 Å². The van der Waals surface area contributed by atoms with Crippen LogP contribution in [0.2, 0.25) is 10.0 Å². The first-order chi connectivity index (χ1) is 7.15. The SMILES string of the molecule is SCC1(COc2ccc(Cl)cc2Cl)CC1. The molecule has 1 saturated carbocycles. The summed E-state index contributed by atoms with van der Waals surface area (Å²) in [5.74, 6) is 1.58. The maximum absolute atomic E-state index is 5.99. The lowest BCUT2D eigenvalue weighted by Gasteiger charge is -2.14. The van der Waals surface area contributed by atoms with Gasteiger partial charge in [-0.2, -0.15) is 12.6 Å². The quantitative estimate of drug-likeness (QED) is 0.805. The molecule has 0 saturated heterocycles. The first-order valence-corrected chi connectivity index (χ1v) is 6.23. The third-order valence-electron chi connectivity index (χ3n) is 2.72. The number of halogens is 2. The van der Waals surface area contributed by atoms with E-state index in [4.69, 9.17) is 27.9 Å². The minimum atomic E-state index is 0.284. The summed E-state index contributed by atoms with van der Waals surface area (Å²) in [5, 5.41) is 1.19. The molecule has 0 aliphatic heterocycles. The Morgan fingerprint density at radius 2 is 2.07 bits per heavy atom. The third-order valence-corrected chi connectivity index (χ3v) is 3.92. The van der Waals surface area contributed by atoms with Crippen LogP contribution in [0.15, 0.2) is 18.2 Å². The van der Waals surface area contributed by atoms with E-state index in [2.05, 4.69) is 12.6 Å². The van der Waals surface area contributed by atoms with Crippen molar-refractivity contribution in [2.45, 2.75) is 12.8 Å². The monoisotopic (exact) mass is 262 g/mol.